The molecule has 0 saturated heterocycles. The number of ether oxygens (including phenoxy) is 2. The molecule has 2 aromatic heterocycles. The Balaban J connectivity index is 1.46. The molecule has 244 valence electrons. The maximum Gasteiger partial charge on any atom is 0.411 e. The zero-order valence-electron chi connectivity index (χ0n) is 26.0. The number of rotatable bonds is 9. The second kappa shape index (κ2) is 15.9. The van der Waals surface area contributed by atoms with Crippen molar-refractivity contribution in [1.82, 2.24) is 30.5 Å². The summed E-state index contributed by atoms with van der Waals surface area (Å²) in [5.41, 5.74) is 5.46. The Kier molecular flexibility index (Phi) is 11.3. The monoisotopic (exact) mass is 658 g/mol. The first-order chi connectivity index (χ1) is 22.9. The zero-order valence-corrected chi connectivity index (χ0v) is 26.7. The van der Waals surface area contributed by atoms with Crippen molar-refractivity contribution in [3.63, 3.8) is 0 Å². The van der Waals surface area contributed by atoms with E-state index >= 15 is 0 Å². The molecule has 0 radical (unpaired) electrons. The Morgan fingerprint density at radius 3 is 2.74 bits per heavy atom. The summed E-state index contributed by atoms with van der Waals surface area (Å²) >= 11 is 6.29. The van der Waals surface area contributed by atoms with Crippen LogP contribution in [-0.2, 0) is 19.1 Å². The fraction of sp³-hybridized carbons (Fsp3) is 0.303. The average molecular weight is 659 g/mol. The number of amides is 1. The molecular formula is C33H35ClN8O5. The third-order valence-electron chi connectivity index (χ3n) is 7.67. The van der Waals surface area contributed by atoms with E-state index in [4.69, 9.17) is 26.1 Å². The molecule has 14 heteroatoms. The number of hydrogen-bond acceptors (Lipinski definition) is 11. The molecule has 0 saturated carbocycles. The van der Waals surface area contributed by atoms with Crippen molar-refractivity contribution in [2.24, 2.45) is 0 Å². The molecule has 0 spiro atoms. The highest BCUT2D eigenvalue weighted by molar-refractivity contribution is 6.30. The van der Waals surface area contributed by atoms with Gasteiger partial charge < -0.3 is 20.1 Å². The largest absolute Gasteiger partial charge is 0.464 e. The Bertz CT molecular complexity index is 1750. The van der Waals surface area contributed by atoms with Crippen molar-refractivity contribution < 1.29 is 23.9 Å². The zero-order chi connectivity index (χ0) is 33.2. The molecule has 2 aromatic carbocycles. The third-order valence-corrected chi connectivity index (χ3v) is 7.90. The maximum absolute atomic E-state index is 13.0. The van der Waals surface area contributed by atoms with E-state index < -0.39 is 12.1 Å². The number of tetrazole rings is 1. The number of pyridine rings is 1. The molecule has 47 heavy (non-hydrogen) atoms. The van der Waals surface area contributed by atoms with E-state index in [-0.39, 0.29) is 25.2 Å². The Labute approximate surface area is 276 Å². The van der Waals surface area contributed by atoms with Crippen LogP contribution in [0.4, 0.5) is 16.2 Å². The van der Waals surface area contributed by atoms with Gasteiger partial charge in [0.1, 0.15) is 18.7 Å². The number of fused-ring (bicyclic) bond motifs is 4. The maximum atomic E-state index is 13.0. The highest BCUT2D eigenvalue weighted by atomic mass is 35.5. The van der Waals surface area contributed by atoms with Crippen molar-refractivity contribution in [3.8, 4) is 16.8 Å². The Morgan fingerprint density at radius 1 is 1.13 bits per heavy atom. The number of hydrogen-bond donors (Lipinski definition) is 3. The second-order valence-corrected chi connectivity index (χ2v) is 11.2. The number of halogens is 1. The minimum absolute atomic E-state index is 0.200. The van der Waals surface area contributed by atoms with Crippen LogP contribution < -0.4 is 16.0 Å². The normalized spacial score (nSPS) is 16.4. The molecule has 5 rings (SSSR count). The smallest absolute Gasteiger partial charge is 0.411 e. The van der Waals surface area contributed by atoms with Gasteiger partial charge in [-0.1, -0.05) is 30.5 Å². The van der Waals surface area contributed by atoms with Gasteiger partial charge in [0.25, 0.3) is 0 Å². The molecule has 0 unspecified atom stereocenters. The lowest BCUT2D eigenvalue weighted by atomic mass is 9.96. The van der Waals surface area contributed by atoms with E-state index in [1.807, 2.05) is 18.2 Å². The van der Waals surface area contributed by atoms with E-state index in [9.17, 15) is 14.4 Å². The van der Waals surface area contributed by atoms with Crippen LogP contribution in [0, 0.1) is 0 Å². The first kappa shape index (κ1) is 33.2. The van der Waals surface area contributed by atoms with Crippen molar-refractivity contribution in [1.29, 1.82) is 0 Å². The summed E-state index contributed by atoms with van der Waals surface area (Å²) < 4.78 is 11.7. The Morgan fingerprint density at radius 2 is 1.98 bits per heavy atom. The Hall–Kier alpha value is -5.14. The van der Waals surface area contributed by atoms with E-state index in [1.54, 1.807) is 49.5 Å². The number of nitrogens with zero attached hydrogens (tertiary/aromatic N) is 5. The number of carbonyl (C=O) groups is 3. The molecule has 4 aromatic rings. The molecule has 3 heterocycles. The number of nitrogens with one attached hydrogen (secondary N) is 3. The summed E-state index contributed by atoms with van der Waals surface area (Å²) in [5.74, 6) is -0.352. The van der Waals surface area contributed by atoms with Gasteiger partial charge in [0.15, 0.2) is 0 Å². The van der Waals surface area contributed by atoms with Crippen LogP contribution >= 0.6 is 11.6 Å². The predicted molar refractivity (Wildman–Crippen MR) is 177 cm³/mol. The van der Waals surface area contributed by atoms with Crippen LogP contribution in [0.5, 0.6) is 0 Å². The molecule has 3 N–H and O–H groups in total. The number of esters is 1. The van der Waals surface area contributed by atoms with Crippen LogP contribution in [0.25, 0.3) is 22.9 Å². The molecule has 2 atom stereocenters. The topological polar surface area (TPSA) is 162 Å². The van der Waals surface area contributed by atoms with Gasteiger partial charge in [-0.2, -0.15) is 4.68 Å². The number of carbonyl (C=O) groups excluding carboxylic acids is 3. The summed E-state index contributed by atoms with van der Waals surface area (Å²) in [4.78, 5) is 41.9. The van der Waals surface area contributed by atoms with Gasteiger partial charge >= 0.3 is 12.1 Å². The molecular weight excluding hydrogens is 624 g/mol. The fourth-order valence-electron chi connectivity index (χ4n) is 5.39. The van der Waals surface area contributed by atoms with E-state index in [2.05, 4.69) is 31.5 Å². The summed E-state index contributed by atoms with van der Waals surface area (Å²) in [6.07, 6.45) is 7.89. The van der Waals surface area contributed by atoms with Gasteiger partial charge in [0, 0.05) is 51.9 Å². The molecule has 1 amide bonds. The first-order valence-corrected chi connectivity index (χ1v) is 15.6. The van der Waals surface area contributed by atoms with Gasteiger partial charge in [-0.15, -0.1) is 5.10 Å². The quantitative estimate of drug-likeness (QED) is 0.120. The number of benzene rings is 2. The summed E-state index contributed by atoms with van der Waals surface area (Å²) in [6, 6.07) is 13.7. The lowest BCUT2D eigenvalue weighted by Crippen LogP contribution is -2.32. The van der Waals surface area contributed by atoms with Crippen LogP contribution in [0.15, 0.2) is 66.6 Å². The fourth-order valence-corrected chi connectivity index (χ4v) is 5.57. The molecule has 13 nitrogen and oxygen atoms in total. The van der Waals surface area contributed by atoms with Crippen LogP contribution in [0.1, 0.15) is 49.9 Å². The van der Waals surface area contributed by atoms with Gasteiger partial charge in [-0.3, -0.25) is 15.1 Å². The lowest BCUT2D eigenvalue weighted by Gasteiger charge is -2.24. The van der Waals surface area contributed by atoms with Gasteiger partial charge in [-0.25, -0.2) is 9.59 Å². The van der Waals surface area contributed by atoms with Gasteiger partial charge in [0.2, 0.25) is 0 Å². The van der Waals surface area contributed by atoms with Crippen LogP contribution in [0.2, 0.25) is 5.02 Å². The highest BCUT2D eigenvalue weighted by Gasteiger charge is 2.24. The minimum Gasteiger partial charge on any atom is -0.464 e. The van der Waals surface area contributed by atoms with Gasteiger partial charge in [0.05, 0.1) is 25.1 Å². The van der Waals surface area contributed by atoms with E-state index in [0.29, 0.717) is 46.1 Å². The van der Waals surface area contributed by atoms with E-state index in [0.717, 1.165) is 35.9 Å². The van der Waals surface area contributed by atoms with Crippen molar-refractivity contribution in [2.45, 2.75) is 44.7 Å². The van der Waals surface area contributed by atoms with Crippen molar-refractivity contribution in [3.05, 3.63) is 82.9 Å². The molecule has 1 aliphatic heterocycles. The predicted octanol–water partition coefficient (Wildman–Crippen LogP) is 5.39. The first-order valence-electron chi connectivity index (χ1n) is 15.2. The van der Waals surface area contributed by atoms with Crippen molar-refractivity contribution >= 4 is 47.4 Å². The van der Waals surface area contributed by atoms with Crippen LogP contribution in [0.3, 0.4) is 0 Å². The third kappa shape index (κ3) is 8.57. The summed E-state index contributed by atoms with van der Waals surface area (Å²) in [6.45, 7) is 2.29. The van der Waals surface area contributed by atoms with E-state index in [1.165, 1.54) is 18.1 Å². The average Bonchev–Trinajstić information content (AvgIpc) is 3.61. The SMILES string of the molecule is CCOC(=O)[C@H]1CCCC[C@H](NC/C(C=O)=C/c2cc(Cl)ccc2-n2cnnn2)c2cc(ccn2)-c2ccc(NC(=O)OC)cc2N1. The number of anilines is 2. The summed E-state index contributed by atoms with van der Waals surface area (Å²) in [7, 11) is 1.29. The molecule has 1 aliphatic rings. The number of methoxy groups -OCH3 is 1. The molecule has 0 fully saturated rings. The highest BCUT2D eigenvalue weighted by Crippen LogP contribution is 2.34. The summed E-state index contributed by atoms with van der Waals surface area (Å²) in [5, 5.41) is 21.5. The molecule has 0 aliphatic carbocycles. The standard InChI is InChI=1S/C33H35ClN8O5/c1-3-47-32(44)28-7-5-4-6-27(36-18-21(19-43)14-23-15-24(34)8-11-31(23)42-20-37-40-41-42)30-16-22(12-13-35-30)26-10-9-25(17-29(26)39-28)38-33(45)46-2/h8-17,19-20,27-28,36,39H,3-7,18H2,1-2H3,(H,38,45)/b21-14-/t27-,28+/m0/s1. The molecule has 2 bridgehead atoms. The van der Waals surface area contributed by atoms with Crippen LogP contribution in [-0.4, -0.2) is 69.8 Å². The second-order valence-electron chi connectivity index (χ2n) is 10.8. The minimum atomic E-state index is -0.606. The van der Waals surface area contributed by atoms with Gasteiger partial charge in [-0.05, 0) is 84.3 Å². The number of aromatic nitrogens is 5. The number of aldehydes is 1. The lowest BCUT2D eigenvalue weighted by molar-refractivity contribution is -0.144. The van der Waals surface area contributed by atoms with Crippen molar-refractivity contribution in [2.75, 3.05) is 30.9 Å².